The number of likely N-dealkylation sites (tertiary alicyclic amines) is 1. The van der Waals surface area contributed by atoms with Crippen LogP contribution in [-0.4, -0.2) is 48.6 Å². The number of rotatable bonds is 8. The second-order valence-corrected chi connectivity index (χ2v) is 7.35. The summed E-state index contributed by atoms with van der Waals surface area (Å²) in [6.07, 6.45) is 0.843. The van der Waals surface area contributed by atoms with Gasteiger partial charge in [-0.3, -0.25) is 9.59 Å². The van der Waals surface area contributed by atoms with E-state index in [-0.39, 0.29) is 24.5 Å². The van der Waals surface area contributed by atoms with Gasteiger partial charge in [0.15, 0.2) is 0 Å². The van der Waals surface area contributed by atoms with E-state index in [1.807, 2.05) is 6.92 Å². The smallest absolute Gasteiger partial charge is 0.295 e. The number of carbonyl (C=O) groups is 2. The van der Waals surface area contributed by atoms with E-state index in [1.54, 1.807) is 48.5 Å². The number of methoxy groups -OCH3 is 1. The lowest BCUT2D eigenvalue weighted by molar-refractivity contribution is -0.140. The highest BCUT2D eigenvalue weighted by atomic mass is 35.5. The van der Waals surface area contributed by atoms with Crippen LogP contribution in [0, 0.1) is 0 Å². The molecule has 1 heterocycles. The fourth-order valence-electron chi connectivity index (χ4n) is 3.43. The van der Waals surface area contributed by atoms with Crippen molar-refractivity contribution in [2.24, 2.45) is 0 Å². The van der Waals surface area contributed by atoms with Crippen molar-refractivity contribution >= 4 is 29.1 Å². The van der Waals surface area contributed by atoms with Gasteiger partial charge >= 0.3 is 0 Å². The summed E-state index contributed by atoms with van der Waals surface area (Å²) in [5, 5.41) is 11.5. The van der Waals surface area contributed by atoms with E-state index in [9.17, 15) is 14.7 Å². The minimum Gasteiger partial charge on any atom is -0.507 e. The normalized spacial score (nSPS) is 18.1. The maximum Gasteiger partial charge on any atom is 0.295 e. The van der Waals surface area contributed by atoms with Crippen LogP contribution in [-0.2, 0) is 14.3 Å². The third-order valence-electron chi connectivity index (χ3n) is 4.82. The summed E-state index contributed by atoms with van der Waals surface area (Å²) in [6.45, 7) is 2.99. The predicted octanol–water partition coefficient (Wildman–Crippen LogP) is 4.20. The summed E-state index contributed by atoms with van der Waals surface area (Å²) in [6, 6.07) is 13.0. The highest BCUT2D eigenvalue weighted by molar-refractivity contribution is 6.46. The lowest BCUT2D eigenvalue weighted by atomic mass is 9.95. The Kier molecular flexibility index (Phi) is 7.13. The van der Waals surface area contributed by atoms with Gasteiger partial charge in [-0.2, -0.15) is 0 Å². The van der Waals surface area contributed by atoms with E-state index < -0.39 is 17.7 Å². The molecule has 1 N–H and O–H groups in total. The fourth-order valence-corrected chi connectivity index (χ4v) is 3.63. The number of Topliss-reactive ketones (excluding diaryl/α,β-unsaturated/α-hetero) is 1. The standard InChI is InChI=1S/C23H24ClNO5/c1-3-11-30-18-9-5-7-16(14-18)21(26)19-20(15-6-4-8-17(24)13-15)25(10-12-29-2)23(28)22(19)27/h4-9,13-14,20,26H,3,10-12H2,1-2H3/b21-19+. The highest BCUT2D eigenvalue weighted by Gasteiger charge is 2.45. The lowest BCUT2D eigenvalue weighted by Crippen LogP contribution is -2.32. The van der Waals surface area contributed by atoms with Crippen molar-refractivity contribution in [1.82, 2.24) is 4.90 Å². The number of halogens is 1. The Hall–Kier alpha value is -2.83. The summed E-state index contributed by atoms with van der Waals surface area (Å²) < 4.78 is 10.7. The summed E-state index contributed by atoms with van der Waals surface area (Å²) >= 11 is 6.15. The van der Waals surface area contributed by atoms with Gasteiger partial charge in [0.05, 0.1) is 24.8 Å². The molecule has 0 saturated carbocycles. The molecule has 1 aliphatic heterocycles. The number of hydrogen-bond donors (Lipinski definition) is 1. The Morgan fingerprint density at radius 3 is 2.60 bits per heavy atom. The van der Waals surface area contributed by atoms with Crippen molar-refractivity contribution in [3.8, 4) is 5.75 Å². The molecule has 2 aromatic carbocycles. The molecule has 7 heteroatoms. The van der Waals surface area contributed by atoms with E-state index in [1.165, 1.54) is 12.0 Å². The molecule has 1 saturated heterocycles. The molecule has 158 valence electrons. The molecular formula is C23H24ClNO5. The Morgan fingerprint density at radius 1 is 1.13 bits per heavy atom. The zero-order valence-electron chi connectivity index (χ0n) is 16.9. The first kappa shape index (κ1) is 21.9. The molecule has 1 unspecified atom stereocenters. The number of benzene rings is 2. The largest absolute Gasteiger partial charge is 0.507 e. The number of carbonyl (C=O) groups excluding carboxylic acids is 2. The first-order chi connectivity index (χ1) is 14.5. The maximum absolute atomic E-state index is 12.9. The molecule has 30 heavy (non-hydrogen) atoms. The van der Waals surface area contributed by atoms with E-state index >= 15 is 0 Å². The number of aliphatic hydroxyl groups excluding tert-OH is 1. The van der Waals surface area contributed by atoms with Crippen LogP contribution in [0.4, 0.5) is 0 Å². The van der Waals surface area contributed by atoms with Crippen molar-refractivity contribution in [3.63, 3.8) is 0 Å². The first-order valence-electron chi connectivity index (χ1n) is 9.74. The first-order valence-corrected chi connectivity index (χ1v) is 10.1. The molecule has 1 aliphatic rings. The van der Waals surface area contributed by atoms with Gasteiger partial charge in [-0.25, -0.2) is 0 Å². The van der Waals surface area contributed by atoms with Crippen LogP contribution < -0.4 is 4.74 Å². The third-order valence-corrected chi connectivity index (χ3v) is 5.06. The van der Waals surface area contributed by atoms with Crippen molar-refractivity contribution in [3.05, 3.63) is 70.3 Å². The Bertz CT molecular complexity index is 972. The van der Waals surface area contributed by atoms with Gasteiger partial charge in [-0.1, -0.05) is 42.8 Å². The van der Waals surface area contributed by atoms with Gasteiger partial charge in [0, 0.05) is 24.2 Å². The van der Waals surface area contributed by atoms with Crippen molar-refractivity contribution in [2.45, 2.75) is 19.4 Å². The lowest BCUT2D eigenvalue weighted by Gasteiger charge is -2.25. The molecule has 2 aromatic rings. The number of amides is 1. The third kappa shape index (κ3) is 4.50. The number of nitrogens with zero attached hydrogens (tertiary/aromatic N) is 1. The van der Waals surface area contributed by atoms with Crippen molar-refractivity contribution < 1.29 is 24.2 Å². The number of aliphatic hydroxyl groups is 1. The van der Waals surface area contributed by atoms with Gasteiger partial charge < -0.3 is 19.5 Å². The number of ketones is 1. The van der Waals surface area contributed by atoms with Gasteiger partial charge in [-0.15, -0.1) is 0 Å². The zero-order valence-corrected chi connectivity index (χ0v) is 17.7. The Morgan fingerprint density at radius 2 is 1.90 bits per heavy atom. The molecule has 0 spiro atoms. The van der Waals surface area contributed by atoms with E-state index in [0.29, 0.717) is 28.5 Å². The van der Waals surface area contributed by atoms with Gasteiger partial charge in [-0.05, 0) is 36.2 Å². The second kappa shape index (κ2) is 9.78. The van der Waals surface area contributed by atoms with E-state index in [0.717, 1.165) is 6.42 Å². The minimum absolute atomic E-state index is 0.0195. The topological polar surface area (TPSA) is 76.1 Å². The quantitative estimate of drug-likeness (QED) is 0.386. The van der Waals surface area contributed by atoms with Gasteiger partial charge in [0.25, 0.3) is 11.7 Å². The Labute approximate surface area is 180 Å². The van der Waals surface area contributed by atoms with Crippen LogP contribution in [0.3, 0.4) is 0 Å². The van der Waals surface area contributed by atoms with E-state index in [2.05, 4.69) is 0 Å². The molecule has 6 nitrogen and oxygen atoms in total. The Balaban J connectivity index is 2.11. The molecule has 0 radical (unpaired) electrons. The predicted molar refractivity (Wildman–Crippen MR) is 115 cm³/mol. The molecule has 1 amide bonds. The van der Waals surface area contributed by atoms with Crippen LogP contribution in [0.1, 0.15) is 30.5 Å². The second-order valence-electron chi connectivity index (χ2n) is 6.92. The summed E-state index contributed by atoms with van der Waals surface area (Å²) in [4.78, 5) is 27.1. The monoisotopic (exact) mass is 429 g/mol. The average Bonchev–Trinajstić information content (AvgIpc) is 3.00. The maximum atomic E-state index is 12.9. The minimum atomic E-state index is -0.765. The highest BCUT2D eigenvalue weighted by Crippen LogP contribution is 2.40. The summed E-state index contributed by atoms with van der Waals surface area (Å²) in [5.41, 5.74) is 1.06. The van der Waals surface area contributed by atoms with Gasteiger partial charge in [0.1, 0.15) is 11.5 Å². The number of ether oxygens (including phenoxy) is 2. The van der Waals surface area contributed by atoms with Gasteiger partial charge in [0.2, 0.25) is 0 Å². The summed E-state index contributed by atoms with van der Waals surface area (Å²) in [7, 11) is 1.52. The molecule has 0 aliphatic carbocycles. The molecule has 3 rings (SSSR count). The summed E-state index contributed by atoms with van der Waals surface area (Å²) in [5.74, 6) is -1.10. The van der Waals surface area contributed by atoms with Crippen LogP contribution in [0.25, 0.3) is 5.76 Å². The number of hydrogen-bond acceptors (Lipinski definition) is 5. The van der Waals surface area contributed by atoms with Crippen LogP contribution in [0.5, 0.6) is 5.75 Å². The fraction of sp³-hybridized carbons (Fsp3) is 0.304. The zero-order chi connectivity index (χ0) is 21.7. The molecule has 0 bridgehead atoms. The SMILES string of the molecule is CCCOc1cccc(/C(O)=C2\C(=O)C(=O)N(CCOC)C2c2cccc(Cl)c2)c1. The average molecular weight is 430 g/mol. The molecule has 0 aromatic heterocycles. The molecule has 1 fully saturated rings. The van der Waals surface area contributed by atoms with Crippen LogP contribution in [0.2, 0.25) is 5.02 Å². The van der Waals surface area contributed by atoms with E-state index in [4.69, 9.17) is 21.1 Å². The molecule has 1 atom stereocenters. The van der Waals surface area contributed by atoms with Crippen molar-refractivity contribution in [1.29, 1.82) is 0 Å². The van der Waals surface area contributed by atoms with Crippen LogP contribution in [0.15, 0.2) is 54.1 Å². The van der Waals surface area contributed by atoms with Crippen molar-refractivity contribution in [2.75, 3.05) is 26.9 Å². The molecular weight excluding hydrogens is 406 g/mol. The van der Waals surface area contributed by atoms with Crippen LogP contribution >= 0.6 is 11.6 Å².